The van der Waals surface area contributed by atoms with Gasteiger partial charge in [0.25, 0.3) is 0 Å². The van der Waals surface area contributed by atoms with Crippen molar-refractivity contribution in [1.82, 2.24) is 5.32 Å². The predicted octanol–water partition coefficient (Wildman–Crippen LogP) is 3.29. The van der Waals surface area contributed by atoms with E-state index in [1.807, 2.05) is 0 Å². The number of carbonyl (C=O) groups is 1. The number of nitrogens with one attached hydrogen (secondary N) is 1. The van der Waals surface area contributed by atoms with Crippen LogP contribution in [0, 0.1) is 11.6 Å². The van der Waals surface area contributed by atoms with Crippen molar-refractivity contribution in [2.45, 2.75) is 6.54 Å². The monoisotopic (exact) mass is 273 g/mol. The van der Waals surface area contributed by atoms with E-state index in [-0.39, 0.29) is 17.5 Å². The zero-order valence-electron chi connectivity index (χ0n) is 10.6. The van der Waals surface area contributed by atoms with Crippen LogP contribution in [0.2, 0.25) is 0 Å². The summed E-state index contributed by atoms with van der Waals surface area (Å²) in [4.78, 5) is 11.6. The number of rotatable bonds is 4. The highest BCUT2D eigenvalue weighted by molar-refractivity contribution is 5.91. The molecule has 0 aliphatic carbocycles. The van der Waals surface area contributed by atoms with Crippen LogP contribution in [-0.4, -0.2) is 5.91 Å². The zero-order valence-corrected chi connectivity index (χ0v) is 10.6. The molecule has 0 saturated carbocycles. The molecule has 0 radical (unpaired) electrons. The largest absolute Gasteiger partial charge is 0.348 e. The molecule has 0 spiro atoms. The van der Waals surface area contributed by atoms with Crippen LogP contribution in [0.3, 0.4) is 0 Å². The molecule has 2 nitrogen and oxygen atoms in total. The summed E-state index contributed by atoms with van der Waals surface area (Å²) >= 11 is 0. The molecule has 0 aliphatic heterocycles. The second kappa shape index (κ2) is 6.61. The van der Waals surface area contributed by atoms with Crippen LogP contribution in [0.1, 0.15) is 11.1 Å². The molecule has 0 fully saturated rings. The van der Waals surface area contributed by atoms with Gasteiger partial charge in [0.15, 0.2) is 0 Å². The lowest BCUT2D eigenvalue weighted by Gasteiger charge is -2.02. The van der Waals surface area contributed by atoms with Gasteiger partial charge >= 0.3 is 0 Å². The first-order valence-electron chi connectivity index (χ1n) is 6.09. The van der Waals surface area contributed by atoms with Gasteiger partial charge in [-0.05, 0) is 41.5 Å². The van der Waals surface area contributed by atoms with Crippen molar-refractivity contribution in [3.63, 3.8) is 0 Å². The lowest BCUT2D eigenvalue weighted by atomic mass is 10.2. The van der Waals surface area contributed by atoms with E-state index in [0.717, 1.165) is 5.56 Å². The molecule has 0 unspecified atom stereocenters. The Morgan fingerprint density at radius 3 is 2.50 bits per heavy atom. The number of hydrogen-bond donors (Lipinski definition) is 1. The molecule has 2 aromatic carbocycles. The Morgan fingerprint density at radius 2 is 1.80 bits per heavy atom. The molecule has 102 valence electrons. The fourth-order valence-corrected chi connectivity index (χ4v) is 1.63. The van der Waals surface area contributed by atoms with Crippen LogP contribution in [0.25, 0.3) is 6.08 Å². The summed E-state index contributed by atoms with van der Waals surface area (Å²) in [5, 5.41) is 2.66. The number of carbonyl (C=O) groups excluding carboxylic acids is 1. The summed E-state index contributed by atoms with van der Waals surface area (Å²) in [6.07, 6.45) is 2.86. The van der Waals surface area contributed by atoms with Gasteiger partial charge in [-0.15, -0.1) is 0 Å². The Labute approximate surface area is 115 Å². The summed E-state index contributed by atoms with van der Waals surface area (Å²) in [5.41, 5.74) is 1.42. The minimum absolute atomic E-state index is 0.293. The highest BCUT2D eigenvalue weighted by Crippen LogP contribution is 2.05. The maximum atomic E-state index is 12.9. The Kier molecular flexibility index (Phi) is 4.60. The van der Waals surface area contributed by atoms with Gasteiger partial charge in [0.05, 0.1) is 0 Å². The van der Waals surface area contributed by atoms with Crippen molar-refractivity contribution in [2.75, 3.05) is 0 Å². The molecular weight excluding hydrogens is 260 g/mol. The molecule has 1 N–H and O–H groups in total. The lowest BCUT2D eigenvalue weighted by Crippen LogP contribution is -2.20. The van der Waals surface area contributed by atoms with Gasteiger partial charge in [-0.1, -0.05) is 24.3 Å². The van der Waals surface area contributed by atoms with Gasteiger partial charge in [0.1, 0.15) is 11.6 Å². The first kappa shape index (κ1) is 13.9. The minimum atomic E-state index is -0.348. The molecule has 0 heterocycles. The topological polar surface area (TPSA) is 29.1 Å². The Hall–Kier alpha value is -2.49. The SMILES string of the molecule is O=C(/C=C/c1cccc(F)c1)NCc1ccc(F)cc1. The van der Waals surface area contributed by atoms with E-state index in [4.69, 9.17) is 0 Å². The molecular formula is C16H13F2NO. The smallest absolute Gasteiger partial charge is 0.244 e. The van der Waals surface area contributed by atoms with E-state index in [1.54, 1.807) is 24.3 Å². The molecule has 2 rings (SSSR count). The molecule has 4 heteroatoms. The van der Waals surface area contributed by atoms with Crippen molar-refractivity contribution in [3.05, 3.63) is 77.4 Å². The van der Waals surface area contributed by atoms with Crippen molar-refractivity contribution >= 4 is 12.0 Å². The second-order valence-corrected chi connectivity index (χ2v) is 4.23. The molecule has 0 aromatic heterocycles. The highest BCUT2D eigenvalue weighted by Gasteiger charge is 1.98. The van der Waals surface area contributed by atoms with Gasteiger partial charge in [-0.25, -0.2) is 8.78 Å². The van der Waals surface area contributed by atoms with Gasteiger partial charge < -0.3 is 5.32 Å². The first-order valence-corrected chi connectivity index (χ1v) is 6.09. The molecule has 20 heavy (non-hydrogen) atoms. The third-order valence-electron chi connectivity index (χ3n) is 2.66. The zero-order chi connectivity index (χ0) is 14.4. The van der Waals surface area contributed by atoms with Gasteiger partial charge in [-0.2, -0.15) is 0 Å². The summed E-state index contributed by atoms with van der Waals surface area (Å²) < 4.78 is 25.6. The summed E-state index contributed by atoms with van der Waals surface area (Å²) in [7, 11) is 0. The Balaban J connectivity index is 1.88. The predicted molar refractivity (Wildman–Crippen MR) is 73.7 cm³/mol. The van der Waals surface area contributed by atoms with Crippen molar-refractivity contribution < 1.29 is 13.6 Å². The van der Waals surface area contributed by atoms with Gasteiger partial charge in [0.2, 0.25) is 5.91 Å². The number of halogens is 2. The fourth-order valence-electron chi connectivity index (χ4n) is 1.63. The third-order valence-corrected chi connectivity index (χ3v) is 2.66. The minimum Gasteiger partial charge on any atom is -0.348 e. The molecule has 0 atom stereocenters. The molecule has 0 aliphatic rings. The third kappa shape index (κ3) is 4.31. The van der Waals surface area contributed by atoms with Crippen LogP contribution in [0.4, 0.5) is 8.78 Å². The Morgan fingerprint density at radius 1 is 1.05 bits per heavy atom. The highest BCUT2D eigenvalue weighted by atomic mass is 19.1. The Bertz CT molecular complexity index is 621. The van der Waals surface area contributed by atoms with Gasteiger partial charge in [-0.3, -0.25) is 4.79 Å². The van der Waals surface area contributed by atoms with E-state index in [0.29, 0.717) is 12.1 Å². The normalized spacial score (nSPS) is 10.7. The van der Waals surface area contributed by atoms with Crippen LogP contribution in [-0.2, 0) is 11.3 Å². The van der Waals surface area contributed by atoms with Crippen molar-refractivity contribution in [3.8, 4) is 0 Å². The van der Waals surface area contributed by atoms with Crippen LogP contribution in [0.5, 0.6) is 0 Å². The molecule has 0 saturated heterocycles. The second-order valence-electron chi connectivity index (χ2n) is 4.23. The average molecular weight is 273 g/mol. The standard InChI is InChI=1S/C16H13F2NO/c17-14-7-4-13(5-8-14)11-19-16(20)9-6-12-2-1-3-15(18)10-12/h1-10H,11H2,(H,19,20)/b9-6+. The lowest BCUT2D eigenvalue weighted by molar-refractivity contribution is -0.116. The molecule has 2 aromatic rings. The van der Waals surface area contributed by atoms with E-state index in [2.05, 4.69) is 5.32 Å². The van der Waals surface area contributed by atoms with Crippen LogP contribution in [0.15, 0.2) is 54.6 Å². The fraction of sp³-hybridized carbons (Fsp3) is 0.0625. The van der Waals surface area contributed by atoms with Crippen molar-refractivity contribution in [2.24, 2.45) is 0 Å². The van der Waals surface area contributed by atoms with Crippen LogP contribution < -0.4 is 5.32 Å². The van der Waals surface area contributed by atoms with E-state index in [1.165, 1.54) is 36.4 Å². The summed E-state index contributed by atoms with van der Waals surface area (Å²) in [6, 6.07) is 11.8. The van der Waals surface area contributed by atoms with Crippen molar-refractivity contribution in [1.29, 1.82) is 0 Å². The molecule has 0 bridgehead atoms. The van der Waals surface area contributed by atoms with Gasteiger partial charge in [0, 0.05) is 12.6 Å². The number of benzene rings is 2. The van der Waals surface area contributed by atoms with E-state index >= 15 is 0 Å². The molecule has 1 amide bonds. The first-order chi connectivity index (χ1) is 9.63. The number of amides is 1. The quantitative estimate of drug-likeness (QED) is 0.851. The van der Waals surface area contributed by atoms with E-state index in [9.17, 15) is 13.6 Å². The van der Waals surface area contributed by atoms with Crippen LogP contribution >= 0.6 is 0 Å². The average Bonchev–Trinajstić information content (AvgIpc) is 2.45. The summed E-state index contributed by atoms with van der Waals surface area (Å²) in [6.45, 7) is 0.312. The maximum Gasteiger partial charge on any atom is 0.244 e. The maximum absolute atomic E-state index is 12.9. The van der Waals surface area contributed by atoms with E-state index < -0.39 is 0 Å². The summed E-state index contributed by atoms with van der Waals surface area (Å²) in [5.74, 6) is -0.955. The number of hydrogen-bond acceptors (Lipinski definition) is 1.